The lowest BCUT2D eigenvalue weighted by Gasteiger charge is -2.18. The highest BCUT2D eigenvalue weighted by Crippen LogP contribution is 2.10. The topological polar surface area (TPSA) is 88.4 Å². The van der Waals surface area contributed by atoms with Gasteiger partial charge in [0.05, 0.1) is 11.5 Å². The first-order valence-corrected chi connectivity index (χ1v) is 5.71. The molecule has 1 aromatic rings. The number of nitro groups is 1. The molecule has 0 radical (unpaired) electrons. The maximum atomic E-state index is 11.0. The second kappa shape index (κ2) is 6.70. The SMILES string of the molecule is CNC(=C[N+](=O)[O-])N(C=O)Cc1ccc(Br)nc1. The number of rotatable bonds is 6. The summed E-state index contributed by atoms with van der Waals surface area (Å²) in [4.78, 5) is 25.9. The number of aromatic nitrogens is 1. The van der Waals surface area contributed by atoms with Crippen molar-refractivity contribution in [2.45, 2.75) is 6.54 Å². The first kappa shape index (κ1) is 14.1. The smallest absolute Gasteiger partial charge is 0.274 e. The van der Waals surface area contributed by atoms with E-state index in [1.807, 2.05) is 0 Å². The van der Waals surface area contributed by atoms with Crippen molar-refractivity contribution in [1.29, 1.82) is 0 Å². The first-order chi connectivity index (χ1) is 8.56. The summed E-state index contributed by atoms with van der Waals surface area (Å²) in [5, 5.41) is 13.0. The molecule has 0 bridgehead atoms. The number of hydrogen-bond acceptors (Lipinski definition) is 5. The molecule has 0 aliphatic heterocycles. The quantitative estimate of drug-likeness (QED) is 0.367. The van der Waals surface area contributed by atoms with Crippen LogP contribution in [0.2, 0.25) is 0 Å². The van der Waals surface area contributed by atoms with Crippen molar-refractivity contribution in [3.05, 3.63) is 50.6 Å². The van der Waals surface area contributed by atoms with Gasteiger partial charge in [0.25, 0.3) is 6.20 Å². The molecule has 0 aliphatic rings. The molecule has 0 spiro atoms. The highest BCUT2D eigenvalue weighted by Gasteiger charge is 2.11. The maximum Gasteiger partial charge on any atom is 0.274 e. The number of carbonyl (C=O) groups is 1. The Morgan fingerprint density at radius 3 is 2.83 bits per heavy atom. The van der Waals surface area contributed by atoms with Crippen molar-refractivity contribution in [2.75, 3.05) is 7.05 Å². The Kier molecular flexibility index (Phi) is 5.25. The molecular formula is C10H11BrN4O3. The summed E-state index contributed by atoms with van der Waals surface area (Å²) in [5.74, 6) is 0.109. The van der Waals surface area contributed by atoms with E-state index in [0.717, 1.165) is 11.8 Å². The molecular weight excluding hydrogens is 304 g/mol. The molecule has 0 aromatic carbocycles. The summed E-state index contributed by atoms with van der Waals surface area (Å²) in [7, 11) is 1.51. The number of pyridine rings is 1. The Hall–Kier alpha value is -1.96. The zero-order chi connectivity index (χ0) is 13.5. The van der Waals surface area contributed by atoms with Gasteiger partial charge in [0.15, 0.2) is 5.82 Å². The maximum absolute atomic E-state index is 11.0. The number of halogens is 1. The normalized spacial score (nSPS) is 10.9. The van der Waals surface area contributed by atoms with Gasteiger partial charge >= 0.3 is 0 Å². The Labute approximate surface area is 112 Å². The number of nitrogens with zero attached hydrogens (tertiary/aromatic N) is 3. The molecule has 0 unspecified atom stereocenters. The van der Waals surface area contributed by atoms with Gasteiger partial charge in [0, 0.05) is 13.2 Å². The number of amides is 1. The van der Waals surface area contributed by atoms with E-state index in [0.29, 0.717) is 11.0 Å². The van der Waals surface area contributed by atoms with Crippen molar-refractivity contribution in [1.82, 2.24) is 15.2 Å². The molecule has 8 heteroatoms. The van der Waals surface area contributed by atoms with Gasteiger partial charge in [0.1, 0.15) is 4.60 Å². The van der Waals surface area contributed by atoms with Gasteiger partial charge in [-0.2, -0.15) is 0 Å². The van der Waals surface area contributed by atoms with Crippen LogP contribution in [-0.4, -0.2) is 28.3 Å². The summed E-state index contributed by atoms with van der Waals surface area (Å²) in [5.41, 5.74) is 0.759. The van der Waals surface area contributed by atoms with Crippen LogP contribution < -0.4 is 5.32 Å². The predicted octanol–water partition coefficient (Wildman–Crippen LogP) is 1.10. The molecule has 0 aliphatic carbocycles. The molecule has 0 saturated heterocycles. The van der Waals surface area contributed by atoms with Crippen molar-refractivity contribution < 1.29 is 9.72 Å². The minimum Gasteiger partial charge on any atom is -0.369 e. The van der Waals surface area contributed by atoms with Gasteiger partial charge in [-0.15, -0.1) is 0 Å². The van der Waals surface area contributed by atoms with E-state index in [9.17, 15) is 14.9 Å². The largest absolute Gasteiger partial charge is 0.369 e. The number of carbonyl (C=O) groups excluding carboxylic acids is 1. The van der Waals surface area contributed by atoms with Crippen molar-refractivity contribution >= 4 is 22.3 Å². The van der Waals surface area contributed by atoms with E-state index >= 15 is 0 Å². The van der Waals surface area contributed by atoms with E-state index in [1.54, 1.807) is 18.3 Å². The average Bonchev–Trinajstić information content (AvgIpc) is 2.35. The Balaban J connectivity index is 2.86. The molecule has 7 nitrogen and oxygen atoms in total. The lowest BCUT2D eigenvalue weighted by atomic mass is 10.3. The van der Waals surface area contributed by atoms with Gasteiger partial charge in [-0.1, -0.05) is 6.07 Å². The van der Waals surface area contributed by atoms with Crippen LogP contribution in [0.4, 0.5) is 0 Å². The Morgan fingerprint density at radius 2 is 2.39 bits per heavy atom. The summed E-state index contributed by atoms with van der Waals surface area (Å²) < 4.78 is 0.679. The first-order valence-electron chi connectivity index (χ1n) is 4.92. The lowest BCUT2D eigenvalue weighted by molar-refractivity contribution is -0.404. The van der Waals surface area contributed by atoms with Crippen LogP contribution in [0, 0.1) is 10.1 Å². The van der Waals surface area contributed by atoms with Crippen LogP contribution in [0.15, 0.2) is 35.0 Å². The predicted molar refractivity (Wildman–Crippen MR) is 67.7 cm³/mol. The van der Waals surface area contributed by atoms with Crippen LogP contribution in [0.1, 0.15) is 5.56 Å². The molecule has 1 amide bonds. The minimum absolute atomic E-state index is 0.109. The number of nitrogens with one attached hydrogen (secondary N) is 1. The standard InChI is InChI=1S/C10H11BrN4O3/c1-12-10(6-15(17)18)14(7-16)5-8-2-3-9(11)13-4-8/h2-4,6-7,12H,5H2,1H3. The van der Waals surface area contributed by atoms with Gasteiger partial charge in [-0.05, 0) is 27.6 Å². The zero-order valence-corrected chi connectivity index (χ0v) is 11.1. The highest BCUT2D eigenvalue weighted by molar-refractivity contribution is 9.10. The zero-order valence-electron chi connectivity index (χ0n) is 9.54. The van der Waals surface area contributed by atoms with Crippen molar-refractivity contribution in [3.63, 3.8) is 0 Å². The second-order valence-corrected chi connectivity index (χ2v) is 4.08. The van der Waals surface area contributed by atoms with E-state index in [-0.39, 0.29) is 12.4 Å². The van der Waals surface area contributed by atoms with Gasteiger partial charge in [-0.3, -0.25) is 19.8 Å². The molecule has 1 aromatic heterocycles. The monoisotopic (exact) mass is 314 g/mol. The van der Waals surface area contributed by atoms with Crippen molar-refractivity contribution in [3.8, 4) is 0 Å². The Bertz CT molecular complexity index is 461. The van der Waals surface area contributed by atoms with E-state index in [1.165, 1.54) is 11.9 Å². The minimum atomic E-state index is -0.623. The Morgan fingerprint density at radius 1 is 1.67 bits per heavy atom. The fraction of sp³-hybridized carbons (Fsp3) is 0.200. The summed E-state index contributed by atoms with van der Waals surface area (Å²) in [6, 6.07) is 3.50. The molecule has 0 saturated carbocycles. The van der Waals surface area contributed by atoms with Crippen LogP contribution in [0.3, 0.4) is 0 Å². The van der Waals surface area contributed by atoms with E-state index < -0.39 is 4.92 Å². The summed E-state index contributed by atoms with van der Waals surface area (Å²) in [6.45, 7) is 0.199. The molecule has 0 atom stereocenters. The van der Waals surface area contributed by atoms with Crippen molar-refractivity contribution in [2.24, 2.45) is 0 Å². The third-order valence-electron chi connectivity index (χ3n) is 2.06. The number of hydrogen-bond donors (Lipinski definition) is 1. The van der Waals surface area contributed by atoms with Crippen LogP contribution >= 0.6 is 15.9 Å². The highest BCUT2D eigenvalue weighted by atomic mass is 79.9. The fourth-order valence-corrected chi connectivity index (χ4v) is 1.49. The average molecular weight is 315 g/mol. The van der Waals surface area contributed by atoms with Gasteiger partial charge in [0.2, 0.25) is 6.41 Å². The third kappa shape index (κ3) is 4.13. The summed E-state index contributed by atoms with van der Waals surface area (Å²) in [6.07, 6.45) is 2.84. The molecule has 18 heavy (non-hydrogen) atoms. The molecule has 1 heterocycles. The summed E-state index contributed by atoms with van der Waals surface area (Å²) >= 11 is 3.20. The van der Waals surface area contributed by atoms with Crippen LogP contribution in [0.25, 0.3) is 0 Å². The lowest BCUT2D eigenvalue weighted by Crippen LogP contribution is -2.29. The van der Waals surface area contributed by atoms with Gasteiger partial charge in [-0.25, -0.2) is 4.98 Å². The van der Waals surface area contributed by atoms with Crippen LogP contribution in [-0.2, 0) is 11.3 Å². The fourth-order valence-electron chi connectivity index (χ4n) is 1.26. The molecule has 0 fully saturated rings. The van der Waals surface area contributed by atoms with E-state index in [4.69, 9.17) is 0 Å². The molecule has 96 valence electrons. The van der Waals surface area contributed by atoms with E-state index in [2.05, 4.69) is 26.2 Å². The molecule has 1 rings (SSSR count). The van der Waals surface area contributed by atoms with Gasteiger partial charge < -0.3 is 5.32 Å². The molecule has 1 N–H and O–H groups in total. The second-order valence-electron chi connectivity index (χ2n) is 3.27. The van der Waals surface area contributed by atoms with Crippen LogP contribution in [0.5, 0.6) is 0 Å². The third-order valence-corrected chi connectivity index (χ3v) is 2.53.